The molecule has 1 aromatic carbocycles. The maximum Gasteiger partial charge on any atom is 0.261 e. The predicted molar refractivity (Wildman–Crippen MR) is 90.8 cm³/mol. The van der Waals surface area contributed by atoms with Crippen LogP contribution in [0.3, 0.4) is 0 Å². The lowest BCUT2D eigenvalue weighted by atomic mass is 10.2. The largest absolute Gasteiger partial charge is 0.355 e. The Kier molecular flexibility index (Phi) is 4.50. The van der Waals surface area contributed by atoms with Crippen molar-refractivity contribution < 1.29 is 4.52 Å². The van der Waals surface area contributed by atoms with Gasteiger partial charge in [-0.1, -0.05) is 28.4 Å². The van der Waals surface area contributed by atoms with Gasteiger partial charge in [-0.25, -0.2) is 4.98 Å². The molecule has 2 heterocycles. The number of halogens is 2. The maximum absolute atomic E-state index is 6.06. The number of aryl methyl sites for hydroxylation is 1. The van der Waals surface area contributed by atoms with Crippen LogP contribution in [0.15, 0.2) is 41.1 Å². The van der Waals surface area contributed by atoms with Gasteiger partial charge in [0.2, 0.25) is 0 Å². The number of benzene rings is 1. The standard InChI is InChI=1S/C16H14Cl2N4O/c1-10-20-16(23-21-10)14-4-3-5-19-15(14)22(2)9-11-6-12(17)8-13(18)7-11/h3-8H,9H2,1-2H3. The van der Waals surface area contributed by atoms with E-state index >= 15 is 0 Å². The van der Waals surface area contributed by atoms with Crippen LogP contribution >= 0.6 is 23.2 Å². The molecule has 0 atom stereocenters. The molecule has 0 amide bonds. The van der Waals surface area contributed by atoms with Crippen molar-refractivity contribution in [2.45, 2.75) is 13.5 Å². The minimum absolute atomic E-state index is 0.446. The molecule has 0 spiro atoms. The third kappa shape index (κ3) is 3.63. The van der Waals surface area contributed by atoms with E-state index in [1.165, 1.54) is 0 Å². The second kappa shape index (κ2) is 6.56. The van der Waals surface area contributed by atoms with E-state index in [4.69, 9.17) is 27.7 Å². The van der Waals surface area contributed by atoms with Gasteiger partial charge in [-0.05, 0) is 42.8 Å². The zero-order valence-corrected chi connectivity index (χ0v) is 14.1. The first-order valence-corrected chi connectivity index (χ1v) is 7.70. The summed E-state index contributed by atoms with van der Waals surface area (Å²) in [7, 11) is 1.93. The van der Waals surface area contributed by atoms with Crippen molar-refractivity contribution in [2.24, 2.45) is 0 Å². The Morgan fingerprint density at radius 1 is 1.17 bits per heavy atom. The molecule has 0 bridgehead atoms. The summed E-state index contributed by atoms with van der Waals surface area (Å²) >= 11 is 12.1. The first kappa shape index (κ1) is 15.8. The smallest absolute Gasteiger partial charge is 0.261 e. The Hall–Kier alpha value is -2.11. The molecule has 0 aliphatic heterocycles. The highest BCUT2D eigenvalue weighted by Gasteiger charge is 2.16. The zero-order valence-electron chi connectivity index (χ0n) is 12.6. The van der Waals surface area contributed by atoms with Gasteiger partial charge in [0.05, 0.1) is 5.56 Å². The maximum atomic E-state index is 6.06. The number of anilines is 1. The van der Waals surface area contributed by atoms with Crippen LogP contribution in [-0.2, 0) is 6.54 Å². The molecule has 0 aliphatic rings. The second-order valence-electron chi connectivity index (χ2n) is 5.16. The summed E-state index contributed by atoms with van der Waals surface area (Å²) < 4.78 is 5.26. The molecular formula is C16H14Cl2N4O. The van der Waals surface area contributed by atoms with Gasteiger partial charge in [0.15, 0.2) is 5.82 Å². The lowest BCUT2D eigenvalue weighted by molar-refractivity contribution is 0.425. The SMILES string of the molecule is Cc1noc(-c2cccnc2N(C)Cc2cc(Cl)cc(Cl)c2)n1. The van der Waals surface area contributed by atoms with Crippen LogP contribution in [0, 0.1) is 6.92 Å². The van der Waals surface area contributed by atoms with Crippen LogP contribution in [0.2, 0.25) is 10.0 Å². The van der Waals surface area contributed by atoms with Gasteiger partial charge in [0.25, 0.3) is 5.89 Å². The van der Waals surface area contributed by atoms with E-state index in [1.54, 1.807) is 19.2 Å². The Balaban J connectivity index is 1.92. The fourth-order valence-corrected chi connectivity index (χ4v) is 2.90. The normalized spacial score (nSPS) is 10.8. The Morgan fingerprint density at radius 3 is 2.57 bits per heavy atom. The molecule has 0 aliphatic carbocycles. The van der Waals surface area contributed by atoms with Crippen molar-refractivity contribution >= 4 is 29.0 Å². The Morgan fingerprint density at radius 2 is 1.91 bits per heavy atom. The van der Waals surface area contributed by atoms with Gasteiger partial charge in [-0.3, -0.25) is 0 Å². The second-order valence-corrected chi connectivity index (χ2v) is 6.03. The first-order chi connectivity index (χ1) is 11.0. The highest BCUT2D eigenvalue weighted by molar-refractivity contribution is 6.34. The molecule has 5 nitrogen and oxygen atoms in total. The van der Waals surface area contributed by atoms with Gasteiger partial charge in [-0.15, -0.1) is 0 Å². The Bertz CT molecular complexity index is 814. The zero-order chi connectivity index (χ0) is 16.4. The topological polar surface area (TPSA) is 55.1 Å². The third-order valence-electron chi connectivity index (χ3n) is 3.25. The van der Waals surface area contributed by atoms with Crippen LogP contribution < -0.4 is 4.90 Å². The average Bonchev–Trinajstić information content (AvgIpc) is 2.92. The van der Waals surface area contributed by atoms with Gasteiger partial charge >= 0.3 is 0 Å². The highest BCUT2D eigenvalue weighted by atomic mass is 35.5. The lowest BCUT2D eigenvalue weighted by Crippen LogP contribution is -2.18. The van der Waals surface area contributed by atoms with Crippen LogP contribution in [0.4, 0.5) is 5.82 Å². The third-order valence-corrected chi connectivity index (χ3v) is 3.68. The lowest BCUT2D eigenvalue weighted by Gasteiger charge is -2.20. The summed E-state index contributed by atoms with van der Waals surface area (Å²) in [6.07, 6.45) is 1.73. The number of hydrogen-bond donors (Lipinski definition) is 0. The van der Waals surface area contributed by atoms with Crippen molar-refractivity contribution in [2.75, 3.05) is 11.9 Å². The van der Waals surface area contributed by atoms with Crippen molar-refractivity contribution in [3.63, 3.8) is 0 Å². The molecule has 0 unspecified atom stereocenters. The van der Waals surface area contributed by atoms with E-state index in [9.17, 15) is 0 Å². The Labute approximate surface area is 143 Å². The molecule has 23 heavy (non-hydrogen) atoms. The number of aromatic nitrogens is 3. The highest BCUT2D eigenvalue weighted by Crippen LogP contribution is 2.28. The van der Waals surface area contributed by atoms with Crippen molar-refractivity contribution in [3.05, 3.63) is 58.0 Å². The van der Waals surface area contributed by atoms with E-state index < -0.39 is 0 Å². The molecule has 118 valence electrons. The first-order valence-electron chi connectivity index (χ1n) is 6.95. The van der Waals surface area contributed by atoms with Gasteiger partial charge in [0, 0.05) is 29.8 Å². The van der Waals surface area contributed by atoms with Crippen molar-refractivity contribution in [1.82, 2.24) is 15.1 Å². The molecule has 7 heteroatoms. The summed E-state index contributed by atoms with van der Waals surface area (Å²) in [5.74, 6) is 1.77. The van der Waals surface area contributed by atoms with Crippen LogP contribution in [0.5, 0.6) is 0 Å². The monoisotopic (exact) mass is 348 g/mol. The fraction of sp³-hybridized carbons (Fsp3) is 0.188. The molecule has 3 aromatic rings. The fourth-order valence-electron chi connectivity index (χ4n) is 2.33. The van der Waals surface area contributed by atoms with Gasteiger partial charge in [-0.2, -0.15) is 4.98 Å². The van der Waals surface area contributed by atoms with Crippen LogP contribution in [-0.4, -0.2) is 22.2 Å². The molecule has 0 saturated carbocycles. The molecule has 0 N–H and O–H groups in total. The van der Waals surface area contributed by atoms with Gasteiger partial charge in [0.1, 0.15) is 5.82 Å². The van der Waals surface area contributed by atoms with E-state index in [1.807, 2.05) is 36.2 Å². The molecule has 2 aromatic heterocycles. The van der Waals surface area contributed by atoms with E-state index in [0.717, 1.165) is 16.9 Å². The van der Waals surface area contributed by atoms with Crippen LogP contribution in [0.1, 0.15) is 11.4 Å². The number of nitrogens with zero attached hydrogens (tertiary/aromatic N) is 4. The number of pyridine rings is 1. The van der Waals surface area contributed by atoms with E-state index in [2.05, 4.69) is 15.1 Å². The van der Waals surface area contributed by atoms with Crippen molar-refractivity contribution in [3.8, 4) is 11.5 Å². The van der Waals surface area contributed by atoms with Gasteiger partial charge < -0.3 is 9.42 Å². The van der Waals surface area contributed by atoms with Crippen molar-refractivity contribution in [1.29, 1.82) is 0 Å². The summed E-state index contributed by atoms with van der Waals surface area (Å²) in [5.41, 5.74) is 1.77. The summed E-state index contributed by atoms with van der Waals surface area (Å²) in [4.78, 5) is 10.7. The minimum Gasteiger partial charge on any atom is -0.355 e. The molecule has 0 saturated heterocycles. The molecule has 0 radical (unpaired) electrons. The van der Waals surface area contributed by atoms with E-state index in [0.29, 0.717) is 28.3 Å². The number of rotatable bonds is 4. The predicted octanol–water partition coefficient (Wildman–Crippen LogP) is 4.38. The summed E-state index contributed by atoms with van der Waals surface area (Å²) in [5, 5.41) is 5.05. The van der Waals surface area contributed by atoms with Crippen LogP contribution in [0.25, 0.3) is 11.5 Å². The van der Waals surface area contributed by atoms with E-state index in [-0.39, 0.29) is 0 Å². The number of hydrogen-bond acceptors (Lipinski definition) is 5. The minimum atomic E-state index is 0.446. The average molecular weight is 349 g/mol. The molecule has 3 rings (SSSR count). The summed E-state index contributed by atoms with van der Waals surface area (Å²) in [6.45, 7) is 2.37. The quantitative estimate of drug-likeness (QED) is 0.700. The molecular weight excluding hydrogens is 335 g/mol. The molecule has 0 fully saturated rings. The summed E-state index contributed by atoms with van der Waals surface area (Å²) in [6, 6.07) is 9.20.